The van der Waals surface area contributed by atoms with Crippen molar-refractivity contribution in [2.45, 2.75) is 27.3 Å². The van der Waals surface area contributed by atoms with E-state index >= 15 is 0 Å². The Hall–Kier alpha value is -4.19. The maximum atomic E-state index is 11.6. The molecule has 0 unspecified atom stereocenters. The van der Waals surface area contributed by atoms with E-state index in [2.05, 4.69) is 41.1 Å². The van der Waals surface area contributed by atoms with E-state index in [4.69, 9.17) is 4.98 Å². The van der Waals surface area contributed by atoms with Gasteiger partial charge in [-0.25, -0.2) is 9.50 Å². The molecule has 0 saturated carbocycles. The zero-order valence-corrected chi connectivity index (χ0v) is 20.2. The lowest BCUT2D eigenvalue weighted by Gasteiger charge is -2.34. The molecular formula is C26H28N8O. The van der Waals surface area contributed by atoms with Crippen LogP contribution in [0.5, 0.6) is 0 Å². The monoisotopic (exact) mass is 468 g/mol. The van der Waals surface area contributed by atoms with Gasteiger partial charge >= 0.3 is 0 Å². The summed E-state index contributed by atoms with van der Waals surface area (Å²) >= 11 is 0. The molecule has 9 heteroatoms. The number of fused-ring (bicyclic) bond motifs is 1. The minimum absolute atomic E-state index is 0.112. The molecule has 0 atom stereocenters. The van der Waals surface area contributed by atoms with Gasteiger partial charge in [0.2, 0.25) is 5.91 Å². The van der Waals surface area contributed by atoms with Gasteiger partial charge in [0.05, 0.1) is 23.5 Å². The van der Waals surface area contributed by atoms with E-state index in [9.17, 15) is 10.1 Å². The van der Waals surface area contributed by atoms with Crippen molar-refractivity contribution in [1.82, 2.24) is 29.3 Å². The molecule has 0 radical (unpaired) electrons. The molecule has 1 fully saturated rings. The summed E-state index contributed by atoms with van der Waals surface area (Å²) in [7, 11) is 0. The topological polar surface area (TPSA) is 95.4 Å². The number of nitriles is 1. The number of aromatic nitrogens is 5. The standard InChI is InChI=1S/C26H28N8O/c1-18(2)15-33-16-23(14-29-33)21-10-24(26-22(11-27)13-30-34(26)17-21)20-4-5-25(28-12-20)32-8-6-31(7-9-32)19(3)35/h4-5,10,12-14,16-18H,6-9,15H2,1-3H3. The molecule has 178 valence electrons. The number of pyridine rings is 2. The van der Waals surface area contributed by atoms with Gasteiger partial charge in [-0.3, -0.25) is 9.48 Å². The number of carbonyl (C=O) groups excluding carboxylic acids is 1. The van der Waals surface area contributed by atoms with Crippen LogP contribution in [-0.2, 0) is 11.3 Å². The summed E-state index contributed by atoms with van der Waals surface area (Å²) in [4.78, 5) is 20.4. The largest absolute Gasteiger partial charge is 0.353 e. The Kier molecular flexibility index (Phi) is 5.95. The first kappa shape index (κ1) is 22.6. The van der Waals surface area contributed by atoms with Gasteiger partial charge in [-0.05, 0) is 24.1 Å². The second kappa shape index (κ2) is 9.22. The SMILES string of the molecule is CC(=O)N1CCN(c2ccc(-c3cc(-c4cnn(CC(C)C)c4)cn4ncc(C#N)c34)cn2)CC1. The summed E-state index contributed by atoms with van der Waals surface area (Å²) in [5, 5.41) is 18.6. The third kappa shape index (κ3) is 4.47. The van der Waals surface area contributed by atoms with E-state index in [0.29, 0.717) is 24.6 Å². The Bertz CT molecular complexity index is 1400. The van der Waals surface area contributed by atoms with Gasteiger partial charge in [0.1, 0.15) is 11.9 Å². The van der Waals surface area contributed by atoms with Crippen LogP contribution in [0.3, 0.4) is 0 Å². The highest BCUT2D eigenvalue weighted by molar-refractivity contribution is 5.87. The Morgan fingerprint density at radius 3 is 2.49 bits per heavy atom. The molecule has 1 amide bonds. The predicted molar refractivity (Wildman–Crippen MR) is 134 cm³/mol. The molecule has 1 saturated heterocycles. The molecule has 0 bridgehead atoms. The lowest BCUT2D eigenvalue weighted by molar-refractivity contribution is -0.129. The number of nitrogens with zero attached hydrogens (tertiary/aromatic N) is 8. The van der Waals surface area contributed by atoms with Gasteiger partial charge in [-0.1, -0.05) is 13.8 Å². The molecular weight excluding hydrogens is 440 g/mol. The Labute approximate surface area is 204 Å². The number of piperazine rings is 1. The van der Waals surface area contributed by atoms with Crippen LogP contribution in [0.2, 0.25) is 0 Å². The summed E-state index contributed by atoms with van der Waals surface area (Å²) in [5.41, 5.74) is 5.06. The summed E-state index contributed by atoms with van der Waals surface area (Å²) in [5.74, 6) is 1.49. The van der Waals surface area contributed by atoms with Crippen LogP contribution in [0.25, 0.3) is 27.8 Å². The van der Waals surface area contributed by atoms with Crippen molar-refractivity contribution < 1.29 is 4.79 Å². The van der Waals surface area contributed by atoms with Crippen molar-refractivity contribution in [2.75, 3.05) is 31.1 Å². The summed E-state index contributed by atoms with van der Waals surface area (Å²) in [6.45, 7) is 9.71. The zero-order chi connectivity index (χ0) is 24.5. The molecule has 0 aromatic carbocycles. The Balaban J connectivity index is 1.49. The van der Waals surface area contributed by atoms with E-state index in [0.717, 1.165) is 53.2 Å². The van der Waals surface area contributed by atoms with Crippen LogP contribution < -0.4 is 4.90 Å². The summed E-state index contributed by atoms with van der Waals surface area (Å²) < 4.78 is 3.72. The Morgan fingerprint density at radius 1 is 1.03 bits per heavy atom. The molecule has 35 heavy (non-hydrogen) atoms. The van der Waals surface area contributed by atoms with Crippen molar-refractivity contribution in [3.05, 3.63) is 54.7 Å². The first-order valence-electron chi connectivity index (χ1n) is 11.8. The number of amides is 1. The smallest absolute Gasteiger partial charge is 0.219 e. The van der Waals surface area contributed by atoms with Gasteiger partial charge in [0, 0.05) is 80.5 Å². The highest BCUT2D eigenvalue weighted by Gasteiger charge is 2.20. The molecule has 9 nitrogen and oxygen atoms in total. The quantitative estimate of drug-likeness (QED) is 0.445. The van der Waals surface area contributed by atoms with Gasteiger partial charge < -0.3 is 9.80 Å². The zero-order valence-electron chi connectivity index (χ0n) is 20.2. The fourth-order valence-electron chi connectivity index (χ4n) is 4.55. The average molecular weight is 469 g/mol. The van der Waals surface area contributed by atoms with Gasteiger partial charge in [-0.2, -0.15) is 15.5 Å². The van der Waals surface area contributed by atoms with Crippen molar-refractivity contribution in [3.63, 3.8) is 0 Å². The maximum absolute atomic E-state index is 11.6. The van der Waals surface area contributed by atoms with Gasteiger partial charge in [-0.15, -0.1) is 0 Å². The minimum Gasteiger partial charge on any atom is -0.353 e. The summed E-state index contributed by atoms with van der Waals surface area (Å²) in [6, 6.07) is 8.38. The predicted octanol–water partition coefficient (Wildman–Crippen LogP) is 3.46. The number of rotatable bonds is 5. The number of anilines is 1. The minimum atomic E-state index is 0.112. The molecule has 4 aromatic rings. The normalized spacial score (nSPS) is 14.0. The third-order valence-electron chi connectivity index (χ3n) is 6.36. The Morgan fingerprint density at radius 2 is 1.83 bits per heavy atom. The fourth-order valence-corrected chi connectivity index (χ4v) is 4.55. The molecule has 0 N–H and O–H groups in total. The van der Waals surface area contributed by atoms with Crippen LogP contribution >= 0.6 is 0 Å². The van der Waals surface area contributed by atoms with E-state index in [1.165, 1.54) is 0 Å². The van der Waals surface area contributed by atoms with Gasteiger partial charge in [0.25, 0.3) is 0 Å². The number of carbonyl (C=O) groups is 1. The van der Waals surface area contributed by atoms with Crippen LogP contribution in [0.1, 0.15) is 26.3 Å². The van der Waals surface area contributed by atoms with Crippen molar-refractivity contribution in [2.24, 2.45) is 5.92 Å². The van der Waals surface area contributed by atoms with Crippen molar-refractivity contribution >= 4 is 17.2 Å². The molecule has 5 heterocycles. The van der Waals surface area contributed by atoms with E-state index in [-0.39, 0.29) is 5.91 Å². The average Bonchev–Trinajstić information content (AvgIpc) is 3.50. The highest BCUT2D eigenvalue weighted by atomic mass is 16.2. The van der Waals surface area contributed by atoms with Crippen LogP contribution in [0, 0.1) is 17.2 Å². The van der Waals surface area contributed by atoms with Crippen molar-refractivity contribution in [1.29, 1.82) is 5.26 Å². The summed E-state index contributed by atoms with van der Waals surface area (Å²) in [6.07, 6.45) is 9.29. The van der Waals surface area contributed by atoms with E-state index in [1.807, 2.05) is 46.5 Å². The van der Waals surface area contributed by atoms with Crippen LogP contribution in [0.4, 0.5) is 5.82 Å². The lowest BCUT2D eigenvalue weighted by Crippen LogP contribution is -2.48. The van der Waals surface area contributed by atoms with E-state index < -0.39 is 0 Å². The highest BCUT2D eigenvalue weighted by Crippen LogP contribution is 2.32. The molecule has 1 aliphatic rings. The molecule has 0 spiro atoms. The van der Waals surface area contributed by atoms with Gasteiger partial charge in [0.15, 0.2) is 0 Å². The maximum Gasteiger partial charge on any atom is 0.219 e. The second-order valence-electron chi connectivity index (χ2n) is 9.35. The molecule has 4 aromatic heterocycles. The number of hydrogen-bond acceptors (Lipinski definition) is 6. The number of hydrogen-bond donors (Lipinski definition) is 0. The fraction of sp³-hybridized carbons (Fsp3) is 0.346. The van der Waals surface area contributed by atoms with Crippen LogP contribution in [0.15, 0.2) is 49.2 Å². The molecule has 5 rings (SSSR count). The lowest BCUT2D eigenvalue weighted by atomic mass is 10.0. The molecule has 1 aliphatic heterocycles. The molecule has 0 aliphatic carbocycles. The van der Waals surface area contributed by atoms with E-state index in [1.54, 1.807) is 17.6 Å². The first-order chi connectivity index (χ1) is 16.9. The van der Waals surface area contributed by atoms with Crippen LogP contribution in [-0.4, -0.2) is 61.4 Å². The third-order valence-corrected chi connectivity index (χ3v) is 6.36. The second-order valence-corrected chi connectivity index (χ2v) is 9.35. The first-order valence-corrected chi connectivity index (χ1v) is 11.8. The van der Waals surface area contributed by atoms with Crippen molar-refractivity contribution in [3.8, 4) is 28.3 Å².